The smallest absolute Gasteiger partial charge is 0.368 e. The van der Waals surface area contributed by atoms with Gasteiger partial charge in [-0.05, 0) is 23.6 Å². The highest BCUT2D eigenvalue weighted by molar-refractivity contribution is 7.10. The van der Waals surface area contributed by atoms with Gasteiger partial charge in [0.25, 0.3) is 0 Å². The van der Waals surface area contributed by atoms with E-state index < -0.39 is 18.1 Å². The fraction of sp³-hybridized carbons (Fsp3) is 0.368. The van der Waals surface area contributed by atoms with E-state index in [0.29, 0.717) is 31.1 Å². The van der Waals surface area contributed by atoms with E-state index in [0.717, 1.165) is 5.69 Å². The van der Waals surface area contributed by atoms with Gasteiger partial charge < -0.3 is 15.1 Å². The molecule has 28 heavy (non-hydrogen) atoms. The van der Waals surface area contributed by atoms with E-state index >= 15 is 0 Å². The van der Waals surface area contributed by atoms with E-state index in [1.165, 1.54) is 11.3 Å². The highest BCUT2D eigenvalue weighted by atomic mass is 32.1. The molecule has 0 aliphatic carbocycles. The van der Waals surface area contributed by atoms with Crippen molar-refractivity contribution in [2.45, 2.75) is 18.6 Å². The predicted molar refractivity (Wildman–Crippen MR) is 101 cm³/mol. The maximum atomic E-state index is 12.7. The molecule has 1 atom stereocenters. The summed E-state index contributed by atoms with van der Waals surface area (Å²) in [5, 5.41) is 3.65. The molecule has 0 radical (unpaired) electrons. The average molecular weight is 411 g/mol. The second-order valence-electron chi connectivity index (χ2n) is 6.45. The molecule has 3 rings (SSSR count). The average Bonchev–Trinajstić information content (AvgIpc) is 3.22. The Morgan fingerprint density at radius 1 is 1.04 bits per heavy atom. The van der Waals surface area contributed by atoms with Crippen LogP contribution in [0.25, 0.3) is 0 Å². The number of hydrogen-bond acceptors (Lipinski definition) is 4. The lowest BCUT2D eigenvalue weighted by Gasteiger charge is -2.36. The van der Waals surface area contributed by atoms with Gasteiger partial charge in [0.15, 0.2) is 0 Å². The van der Waals surface area contributed by atoms with E-state index in [-0.39, 0.29) is 12.3 Å². The lowest BCUT2D eigenvalue weighted by Crippen LogP contribution is -2.49. The topological polar surface area (TPSA) is 52.7 Å². The predicted octanol–water partition coefficient (Wildman–Crippen LogP) is 3.21. The highest BCUT2D eigenvalue weighted by Crippen LogP contribution is 2.26. The lowest BCUT2D eigenvalue weighted by atomic mass is 10.1. The number of rotatable bonds is 5. The molecule has 2 heterocycles. The molecule has 1 fully saturated rings. The van der Waals surface area contributed by atoms with Crippen LogP contribution in [0.1, 0.15) is 17.3 Å². The molecule has 2 amide bonds. The van der Waals surface area contributed by atoms with Crippen molar-refractivity contribution in [2.75, 3.05) is 31.1 Å². The van der Waals surface area contributed by atoms with Crippen LogP contribution in [0.3, 0.4) is 0 Å². The number of anilines is 1. The summed E-state index contributed by atoms with van der Waals surface area (Å²) in [6.45, 7) is 2.26. The number of carbonyl (C=O) groups excluding carboxylic acids is 2. The van der Waals surface area contributed by atoms with Gasteiger partial charge in [0.1, 0.15) is 0 Å². The summed E-state index contributed by atoms with van der Waals surface area (Å²) < 4.78 is 37.9. The molecule has 0 spiro atoms. The second kappa shape index (κ2) is 8.64. The van der Waals surface area contributed by atoms with Gasteiger partial charge >= 0.3 is 12.1 Å². The van der Waals surface area contributed by atoms with E-state index in [9.17, 15) is 22.8 Å². The van der Waals surface area contributed by atoms with E-state index in [2.05, 4.69) is 4.90 Å². The largest absolute Gasteiger partial charge is 0.471 e. The van der Waals surface area contributed by atoms with Crippen LogP contribution in [0.4, 0.5) is 18.9 Å². The van der Waals surface area contributed by atoms with Crippen LogP contribution in [-0.4, -0.2) is 49.1 Å². The molecule has 1 N–H and O–H groups in total. The number of carbonyl (C=O) groups is 2. The normalized spacial score (nSPS) is 16.0. The maximum Gasteiger partial charge on any atom is 0.471 e. The molecule has 2 aromatic rings. The molecule has 1 aliphatic heterocycles. The third kappa shape index (κ3) is 5.03. The van der Waals surface area contributed by atoms with Crippen LogP contribution in [0.5, 0.6) is 0 Å². The lowest BCUT2D eigenvalue weighted by molar-refractivity contribution is -0.174. The quantitative estimate of drug-likeness (QED) is 0.822. The molecule has 1 aliphatic rings. The van der Waals surface area contributed by atoms with Gasteiger partial charge in [0.05, 0.1) is 12.5 Å². The van der Waals surface area contributed by atoms with Crippen LogP contribution in [0.15, 0.2) is 47.8 Å². The second-order valence-corrected chi connectivity index (χ2v) is 7.43. The third-order valence-corrected chi connectivity index (χ3v) is 5.57. The van der Waals surface area contributed by atoms with E-state index in [1.807, 2.05) is 35.6 Å². The number of thiophene rings is 1. The van der Waals surface area contributed by atoms with Gasteiger partial charge in [-0.2, -0.15) is 13.2 Å². The summed E-state index contributed by atoms with van der Waals surface area (Å²) in [5.41, 5.74) is 1.07. The van der Waals surface area contributed by atoms with Crippen molar-refractivity contribution < 1.29 is 22.8 Å². The van der Waals surface area contributed by atoms with Gasteiger partial charge in [-0.25, -0.2) is 0 Å². The number of alkyl halides is 3. The Kier molecular flexibility index (Phi) is 6.23. The number of para-hydroxylation sites is 1. The van der Waals surface area contributed by atoms with Crippen molar-refractivity contribution in [3.63, 3.8) is 0 Å². The van der Waals surface area contributed by atoms with Crippen LogP contribution >= 0.6 is 11.3 Å². The Hall–Kier alpha value is -2.55. The number of benzene rings is 1. The number of hydrogen-bond donors (Lipinski definition) is 1. The summed E-state index contributed by atoms with van der Waals surface area (Å²) >= 11 is 1.21. The highest BCUT2D eigenvalue weighted by Gasteiger charge is 2.40. The van der Waals surface area contributed by atoms with Gasteiger partial charge in [-0.1, -0.05) is 24.3 Å². The van der Waals surface area contributed by atoms with Crippen molar-refractivity contribution >= 4 is 28.8 Å². The standard InChI is InChI=1S/C19H20F3N3O2S/c20-19(21,22)18(27)23-15(16-7-4-12-28-16)13-17(26)25-10-8-24(9-11-25)14-5-2-1-3-6-14/h1-7,12,15H,8-11,13H2,(H,23,27). The van der Waals surface area contributed by atoms with Crippen molar-refractivity contribution in [2.24, 2.45) is 0 Å². The number of piperazine rings is 1. The minimum Gasteiger partial charge on any atom is -0.368 e. The molecular weight excluding hydrogens is 391 g/mol. The zero-order valence-electron chi connectivity index (χ0n) is 15.0. The Morgan fingerprint density at radius 3 is 2.29 bits per heavy atom. The van der Waals surface area contributed by atoms with Gasteiger partial charge in [-0.3, -0.25) is 9.59 Å². The molecule has 1 unspecified atom stereocenters. The molecular formula is C19H20F3N3O2S. The van der Waals surface area contributed by atoms with E-state index in [4.69, 9.17) is 0 Å². The summed E-state index contributed by atoms with van der Waals surface area (Å²) in [4.78, 5) is 28.3. The van der Waals surface area contributed by atoms with Crippen molar-refractivity contribution in [1.82, 2.24) is 10.2 Å². The molecule has 0 bridgehead atoms. The molecule has 1 aromatic carbocycles. The molecule has 1 saturated heterocycles. The summed E-state index contributed by atoms with van der Waals surface area (Å²) in [7, 11) is 0. The monoisotopic (exact) mass is 411 g/mol. The number of halogens is 3. The first-order chi connectivity index (χ1) is 13.3. The van der Waals surface area contributed by atoms with Crippen molar-refractivity contribution in [3.05, 3.63) is 52.7 Å². The zero-order valence-corrected chi connectivity index (χ0v) is 15.8. The molecule has 5 nitrogen and oxygen atoms in total. The Bertz CT molecular complexity index is 789. The van der Waals surface area contributed by atoms with Gasteiger partial charge in [-0.15, -0.1) is 11.3 Å². The SMILES string of the molecule is O=C(CC(NC(=O)C(F)(F)F)c1cccs1)N1CCN(c2ccccc2)CC1. The first-order valence-electron chi connectivity index (χ1n) is 8.83. The fourth-order valence-corrected chi connectivity index (χ4v) is 3.89. The summed E-state index contributed by atoms with van der Waals surface area (Å²) in [5.74, 6) is -2.30. The van der Waals surface area contributed by atoms with Crippen LogP contribution in [0.2, 0.25) is 0 Å². The summed E-state index contributed by atoms with van der Waals surface area (Å²) in [6.07, 6.45) is -5.19. The molecule has 150 valence electrons. The van der Waals surface area contributed by atoms with Gasteiger partial charge in [0, 0.05) is 36.7 Å². The van der Waals surface area contributed by atoms with Crippen molar-refractivity contribution in [1.29, 1.82) is 0 Å². The number of nitrogens with zero attached hydrogens (tertiary/aromatic N) is 2. The number of nitrogens with one attached hydrogen (secondary N) is 1. The van der Waals surface area contributed by atoms with Crippen LogP contribution in [-0.2, 0) is 9.59 Å². The van der Waals surface area contributed by atoms with Gasteiger partial charge in [0.2, 0.25) is 5.91 Å². The van der Waals surface area contributed by atoms with Crippen molar-refractivity contribution in [3.8, 4) is 0 Å². The molecule has 9 heteroatoms. The first kappa shape index (κ1) is 20.2. The Balaban J connectivity index is 1.60. The Morgan fingerprint density at radius 2 is 1.71 bits per heavy atom. The Labute approximate surface area is 164 Å². The third-order valence-electron chi connectivity index (χ3n) is 4.58. The summed E-state index contributed by atoms with van der Waals surface area (Å²) in [6, 6.07) is 12.1. The zero-order chi connectivity index (χ0) is 20.1. The fourth-order valence-electron chi connectivity index (χ4n) is 3.11. The minimum atomic E-state index is -4.99. The first-order valence-corrected chi connectivity index (χ1v) is 9.71. The maximum absolute atomic E-state index is 12.7. The van der Waals surface area contributed by atoms with Crippen LogP contribution < -0.4 is 10.2 Å². The molecule has 1 aromatic heterocycles. The number of amides is 2. The molecule has 0 saturated carbocycles. The minimum absolute atomic E-state index is 0.201. The van der Waals surface area contributed by atoms with Crippen LogP contribution in [0, 0.1) is 0 Å². The van der Waals surface area contributed by atoms with E-state index in [1.54, 1.807) is 22.4 Å².